The Balaban J connectivity index is 1.64. The van der Waals surface area contributed by atoms with Crippen LogP contribution in [0, 0.1) is 0 Å². The molecule has 0 saturated carbocycles. The van der Waals surface area contributed by atoms with Gasteiger partial charge in [0.1, 0.15) is 0 Å². The summed E-state index contributed by atoms with van der Waals surface area (Å²) in [6, 6.07) is 3.58. The first-order valence-electron chi connectivity index (χ1n) is 7.41. The van der Waals surface area contributed by atoms with E-state index in [4.69, 9.17) is 5.73 Å². The predicted molar refractivity (Wildman–Crippen MR) is 79.0 cm³/mol. The van der Waals surface area contributed by atoms with Gasteiger partial charge in [0.15, 0.2) is 0 Å². The van der Waals surface area contributed by atoms with Crippen molar-refractivity contribution in [2.45, 2.75) is 38.3 Å². The van der Waals surface area contributed by atoms with Crippen molar-refractivity contribution in [1.82, 2.24) is 15.2 Å². The zero-order valence-corrected chi connectivity index (χ0v) is 11.9. The first-order valence-corrected chi connectivity index (χ1v) is 7.41. The van der Waals surface area contributed by atoms with Crippen molar-refractivity contribution < 1.29 is 4.79 Å². The fraction of sp³-hybridized carbons (Fsp3) is 0.600. The molecule has 0 aromatic carbocycles. The van der Waals surface area contributed by atoms with Crippen LogP contribution in [0.2, 0.25) is 0 Å². The van der Waals surface area contributed by atoms with Gasteiger partial charge in [-0.15, -0.1) is 0 Å². The third-order valence-electron chi connectivity index (χ3n) is 3.70. The van der Waals surface area contributed by atoms with Crippen LogP contribution in [0.3, 0.4) is 0 Å². The Bertz CT molecular complexity index is 404. The molecule has 110 valence electrons. The molecule has 1 amide bonds. The van der Waals surface area contributed by atoms with Gasteiger partial charge in [-0.2, -0.15) is 0 Å². The summed E-state index contributed by atoms with van der Waals surface area (Å²) >= 11 is 0. The first kappa shape index (κ1) is 14.9. The van der Waals surface area contributed by atoms with Crippen molar-refractivity contribution >= 4 is 5.91 Å². The number of likely N-dealkylation sites (tertiary alicyclic amines) is 1. The van der Waals surface area contributed by atoms with Crippen LogP contribution in [-0.4, -0.2) is 41.5 Å². The third-order valence-corrected chi connectivity index (χ3v) is 3.70. The average molecular weight is 276 g/mol. The molecular formula is C15H24N4O. The molecule has 3 N–H and O–H groups in total. The minimum atomic E-state index is -0.377. The molecule has 2 rings (SSSR count). The largest absolute Gasteiger partial charge is 0.341 e. The minimum Gasteiger partial charge on any atom is -0.341 e. The van der Waals surface area contributed by atoms with E-state index in [-0.39, 0.29) is 11.9 Å². The monoisotopic (exact) mass is 276 g/mol. The van der Waals surface area contributed by atoms with E-state index in [0.717, 1.165) is 39.0 Å². The van der Waals surface area contributed by atoms with E-state index in [9.17, 15) is 4.79 Å². The molecule has 0 aliphatic carbocycles. The van der Waals surface area contributed by atoms with Gasteiger partial charge in [0.2, 0.25) is 5.91 Å². The summed E-state index contributed by atoms with van der Waals surface area (Å²) in [4.78, 5) is 18.0. The van der Waals surface area contributed by atoms with Crippen LogP contribution < -0.4 is 11.1 Å². The van der Waals surface area contributed by atoms with Crippen molar-refractivity contribution in [1.29, 1.82) is 0 Å². The molecule has 5 heteroatoms. The summed E-state index contributed by atoms with van der Waals surface area (Å²) in [6.07, 6.45) is 7.69. The molecule has 1 aliphatic rings. The molecule has 1 fully saturated rings. The van der Waals surface area contributed by atoms with Crippen LogP contribution >= 0.6 is 0 Å². The maximum Gasteiger partial charge on any atom is 0.239 e. The standard InChI is InChI=1S/C15H24N4O/c16-14(15(20)19-10-2-1-3-11-19)6-9-18-12-13-4-7-17-8-5-13/h4-5,7-8,14,18H,1-3,6,9-12,16H2/t14-/m0/s1. The third kappa shape index (κ3) is 4.58. The van der Waals surface area contributed by atoms with Crippen LogP contribution in [0.1, 0.15) is 31.2 Å². The van der Waals surface area contributed by atoms with E-state index >= 15 is 0 Å². The zero-order valence-electron chi connectivity index (χ0n) is 11.9. The Morgan fingerprint density at radius 1 is 1.30 bits per heavy atom. The van der Waals surface area contributed by atoms with Gasteiger partial charge in [-0.1, -0.05) is 0 Å². The van der Waals surface area contributed by atoms with Crippen molar-refractivity contribution in [3.63, 3.8) is 0 Å². The van der Waals surface area contributed by atoms with Gasteiger partial charge >= 0.3 is 0 Å². The number of nitrogens with zero attached hydrogens (tertiary/aromatic N) is 2. The van der Waals surface area contributed by atoms with E-state index in [1.54, 1.807) is 12.4 Å². The quantitative estimate of drug-likeness (QED) is 0.757. The smallest absolute Gasteiger partial charge is 0.239 e. The lowest BCUT2D eigenvalue weighted by atomic mass is 10.1. The summed E-state index contributed by atoms with van der Waals surface area (Å²) in [5, 5.41) is 3.31. The summed E-state index contributed by atoms with van der Waals surface area (Å²) in [7, 11) is 0. The van der Waals surface area contributed by atoms with Gasteiger partial charge in [-0.3, -0.25) is 9.78 Å². The molecule has 0 radical (unpaired) electrons. The van der Waals surface area contributed by atoms with E-state index < -0.39 is 0 Å². The molecule has 0 bridgehead atoms. The molecule has 1 aromatic rings. The van der Waals surface area contributed by atoms with Crippen LogP contribution in [0.5, 0.6) is 0 Å². The first-order chi connectivity index (χ1) is 9.77. The van der Waals surface area contributed by atoms with Crippen LogP contribution in [0.4, 0.5) is 0 Å². The molecule has 1 aliphatic heterocycles. The summed E-state index contributed by atoms with van der Waals surface area (Å²) in [5.41, 5.74) is 7.18. The average Bonchev–Trinajstić information content (AvgIpc) is 2.52. The molecule has 2 heterocycles. The zero-order chi connectivity index (χ0) is 14.2. The number of hydrogen-bond donors (Lipinski definition) is 2. The predicted octanol–water partition coefficient (Wildman–Crippen LogP) is 0.901. The number of carbonyl (C=O) groups excluding carboxylic acids is 1. The van der Waals surface area contributed by atoms with Gasteiger partial charge in [0, 0.05) is 32.0 Å². The second-order valence-electron chi connectivity index (χ2n) is 5.31. The maximum atomic E-state index is 12.1. The summed E-state index contributed by atoms with van der Waals surface area (Å²) in [6.45, 7) is 3.28. The van der Waals surface area contributed by atoms with Crippen molar-refractivity contribution in [2.75, 3.05) is 19.6 Å². The molecule has 0 unspecified atom stereocenters. The number of hydrogen-bond acceptors (Lipinski definition) is 4. The highest BCUT2D eigenvalue weighted by Gasteiger charge is 2.21. The topological polar surface area (TPSA) is 71.2 Å². The number of rotatable bonds is 6. The number of nitrogens with one attached hydrogen (secondary N) is 1. The minimum absolute atomic E-state index is 0.107. The fourth-order valence-electron chi connectivity index (χ4n) is 2.46. The highest BCUT2D eigenvalue weighted by molar-refractivity contribution is 5.81. The van der Waals surface area contributed by atoms with Gasteiger partial charge in [0.05, 0.1) is 6.04 Å². The van der Waals surface area contributed by atoms with Gasteiger partial charge in [0.25, 0.3) is 0 Å². The highest BCUT2D eigenvalue weighted by Crippen LogP contribution is 2.10. The Kier molecular flexibility index (Phi) is 5.95. The molecule has 1 atom stereocenters. The lowest BCUT2D eigenvalue weighted by Gasteiger charge is -2.29. The molecule has 5 nitrogen and oxygen atoms in total. The summed E-state index contributed by atoms with van der Waals surface area (Å²) in [5.74, 6) is 0.107. The van der Waals surface area contributed by atoms with Crippen LogP contribution in [-0.2, 0) is 11.3 Å². The van der Waals surface area contributed by atoms with Gasteiger partial charge in [-0.25, -0.2) is 0 Å². The van der Waals surface area contributed by atoms with Crippen LogP contribution in [0.15, 0.2) is 24.5 Å². The number of aromatic nitrogens is 1. The number of piperidine rings is 1. The Hall–Kier alpha value is -1.46. The molecule has 1 aromatic heterocycles. The van der Waals surface area contributed by atoms with E-state index in [0.29, 0.717) is 6.42 Å². The maximum absolute atomic E-state index is 12.1. The molecule has 20 heavy (non-hydrogen) atoms. The lowest BCUT2D eigenvalue weighted by molar-refractivity contribution is -0.133. The molecular weight excluding hydrogens is 252 g/mol. The number of carbonyl (C=O) groups is 1. The van der Waals surface area contributed by atoms with Gasteiger partial charge < -0.3 is 16.0 Å². The van der Waals surface area contributed by atoms with E-state index in [1.165, 1.54) is 12.0 Å². The summed E-state index contributed by atoms with van der Waals surface area (Å²) < 4.78 is 0. The van der Waals surface area contributed by atoms with E-state index in [1.807, 2.05) is 17.0 Å². The SMILES string of the molecule is N[C@@H](CCNCc1ccncc1)C(=O)N1CCCCC1. The van der Waals surface area contributed by atoms with Crippen molar-refractivity contribution in [3.8, 4) is 0 Å². The second-order valence-corrected chi connectivity index (χ2v) is 5.31. The lowest BCUT2D eigenvalue weighted by Crippen LogP contribution is -2.46. The Morgan fingerprint density at radius 2 is 2.00 bits per heavy atom. The Labute approximate surface area is 120 Å². The number of pyridine rings is 1. The fourth-order valence-corrected chi connectivity index (χ4v) is 2.46. The molecule has 1 saturated heterocycles. The normalized spacial score (nSPS) is 16.9. The molecule has 0 spiro atoms. The van der Waals surface area contributed by atoms with Crippen LogP contribution in [0.25, 0.3) is 0 Å². The second kappa shape index (κ2) is 7.97. The number of nitrogens with two attached hydrogens (primary N) is 1. The van der Waals surface area contributed by atoms with Crippen molar-refractivity contribution in [2.24, 2.45) is 5.73 Å². The van der Waals surface area contributed by atoms with Gasteiger partial charge in [-0.05, 0) is 49.9 Å². The highest BCUT2D eigenvalue weighted by atomic mass is 16.2. The van der Waals surface area contributed by atoms with Crippen molar-refractivity contribution in [3.05, 3.63) is 30.1 Å². The number of amides is 1. The van der Waals surface area contributed by atoms with E-state index in [2.05, 4.69) is 10.3 Å². The Morgan fingerprint density at radius 3 is 2.70 bits per heavy atom.